The largest absolute Gasteiger partial charge is 0.488 e. The molecule has 4 N–H and O–H groups in total. The van der Waals surface area contributed by atoms with Gasteiger partial charge in [-0.1, -0.05) is 51.3 Å². The Labute approximate surface area is 364 Å². The van der Waals surface area contributed by atoms with Crippen molar-refractivity contribution in [1.29, 1.82) is 0 Å². The van der Waals surface area contributed by atoms with Crippen molar-refractivity contribution in [3.63, 3.8) is 0 Å². The van der Waals surface area contributed by atoms with Gasteiger partial charge in [0.1, 0.15) is 42.3 Å². The van der Waals surface area contributed by atoms with E-state index in [9.17, 15) is 19.2 Å². The van der Waals surface area contributed by atoms with Crippen LogP contribution in [0.3, 0.4) is 0 Å². The van der Waals surface area contributed by atoms with Crippen LogP contribution in [-0.4, -0.2) is 98.8 Å². The zero-order chi connectivity index (χ0) is 44.1. The topological polar surface area (TPSA) is 184 Å². The highest BCUT2D eigenvalue weighted by Crippen LogP contribution is 2.44. The summed E-state index contributed by atoms with van der Waals surface area (Å²) in [5.41, 5.74) is 6.25. The number of H-pyrrole nitrogens is 2. The predicted octanol–water partition coefficient (Wildman–Crippen LogP) is 8.01. The third kappa shape index (κ3) is 7.92. The first-order valence-corrected chi connectivity index (χ1v) is 22.2. The van der Waals surface area contributed by atoms with E-state index >= 15 is 4.39 Å². The van der Waals surface area contributed by atoms with E-state index in [0.717, 1.165) is 100 Å². The van der Waals surface area contributed by atoms with E-state index in [4.69, 9.17) is 19.2 Å². The number of hydrogen-bond acceptors (Lipinski definition) is 9. The molecule has 1 aliphatic carbocycles. The maximum absolute atomic E-state index is 15.1. The second-order valence-electron chi connectivity index (χ2n) is 17.9. The van der Waals surface area contributed by atoms with Crippen molar-refractivity contribution in [1.82, 2.24) is 40.4 Å². The van der Waals surface area contributed by atoms with Gasteiger partial charge in [0.05, 0.1) is 55.8 Å². The summed E-state index contributed by atoms with van der Waals surface area (Å²) in [4.78, 5) is 72.6. The summed E-state index contributed by atoms with van der Waals surface area (Å²) in [5, 5.41) is 7.45. The molecular formula is C47H55FN8O7. The number of carbonyl (C=O) groups excluding carboxylic acids is 4. The second kappa shape index (κ2) is 17.2. The number of nitrogens with one attached hydrogen (secondary N) is 4. The van der Waals surface area contributed by atoms with Crippen LogP contribution in [0.25, 0.3) is 44.2 Å². The Morgan fingerprint density at radius 1 is 0.873 bits per heavy atom. The molecule has 4 aliphatic rings. The summed E-state index contributed by atoms with van der Waals surface area (Å²) in [6, 6.07) is 11.9. The molecule has 4 amide bonds. The number of rotatable bonds is 9. The molecule has 5 heterocycles. The van der Waals surface area contributed by atoms with E-state index in [2.05, 4.69) is 55.9 Å². The number of aromatic amines is 2. The van der Waals surface area contributed by atoms with E-state index < -0.39 is 36.5 Å². The van der Waals surface area contributed by atoms with E-state index in [1.54, 1.807) is 6.20 Å². The number of carbonyl (C=O) groups is 4. The third-order valence-corrected chi connectivity index (χ3v) is 13.6. The number of alkyl halides is 1. The van der Waals surface area contributed by atoms with Crippen molar-refractivity contribution in [2.75, 3.05) is 20.8 Å². The molecular weight excluding hydrogens is 808 g/mol. The van der Waals surface area contributed by atoms with E-state index in [0.29, 0.717) is 18.3 Å². The fourth-order valence-corrected chi connectivity index (χ4v) is 10.3. The molecule has 1 saturated carbocycles. The van der Waals surface area contributed by atoms with E-state index in [-0.39, 0.29) is 48.7 Å². The molecule has 2 saturated heterocycles. The smallest absolute Gasteiger partial charge is 0.407 e. The van der Waals surface area contributed by atoms with Crippen LogP contribution >= 0.6 is 0 Å². The highest BCUT2D eigenvalue weighted by atomic mass is 19.1. The number of benzene rings is 3. The molecule has 63 heavy (non-hydrogen) atoms. The monoisotopic (exact) mass is 862 g/mol. The summed E-state index contributed by atoms with van der Waals surface area (Å²) in [7, 11) is 2.56. The molecule has 3 aromatic carbocycles. The molecule has 0 unspecified atom stereocenters. The minimum Gasteiger partial charge on any atom is -0.488 e. The van der Waals surface area contributed by atoms with Gasteiger partial charge in [-0.05, 0) is 90.8 Å². The number of hydrogen-bond donors (Lipinski definition) is 4. The Morgan fingerprint density at radius 2 is 1.65 bits per heavy atom. The number of alkyl carbamates (subject to hydrolysis) is 2. The van der Waals surface area contributed by atoms with Crippen LogP contribution in [0, 0.1) is 11.8 Å². The molecule has 332 valence electrons. The molecule has 3 fully saturated rings. The van der Waals surface area contributed by atoms with Gasteiger partial charge in [0.25, 0.3) is 0 Å². The lowest BCUT2D eigenvalue weighted by atomic mass is 9.83. The van der Waals surface area contributed by atoms with Crippen LogP contribution < -0.4 is 15.4 Å². The van der Waals surface area contributed by atoms with Crippen molar-refractivity contribution >= 4 is 45.8 Å². The summed E-state index contributed by atoms with van der Waals surface area (Å²) in [6.07, 6.45) is 5.48. The van der Waals surface area contributed by atoms with Crippen LogP contribution in [0.5, 0.6) is 5.75 Å². The van der Waals surface area contributed by atoms with Gasteiger partial charge in [0, 0.05) is 23.4 Å². The maximum atomic E-state index is 15.1. The Hall–Kier alpha value is -6.19. The maximum Gasteiger partial charge on any atom is 0.407 e. The Morgan fingerprint density at radius 3 is 2.41 bits per heavy atom. The number of methoxy groups -OCH3 is 2. The first-order valence-electron chi connectivity index (χ1n) is 22.2. The highest BCUT2D eigenvalue weighted by molar-refractivity contribution is 6.07. The van der Waals surface area contributed by atoms with Crippen molar-refractivity contribution in [3.05, 3.63) is 65.9 Å². The SMILES string of the molecule is COC(=O)N[C@H](C(=O)N1[C@@H](C)CC[C@H]1c1nc2ccc3cc4c(cc3c2[nH]1)OCc1cc(-c2cnc([C@@H]3C[C@H](F)CN3C(=O)[C@@H](NC(=O)OC)C3CCCCC3)[nH]2)ccc1-4)C(C)C. The number of halogens is 1. The van der Waals surface area contributed by atoms with Crippen molar-refractivity contribution in [3.8, 4) is 28.1 Å². The Bertz CT molecular complexity index is 2570. The number of likely N-dealkylation sites (tertiary alicyclic amines) is 2. The average molecular weight is 863 g/mol. The van der Waals surface area contributed by atoms with Gasteiger partial charge in [-0.25, -0.2) is 23.9 Å². The van der Waals surface area contributed by atoms with Crippen LogP contribution in [0.1, 0.15) is 101 Å². The standard InChI is InChI=1S/C47H55FN8O7/c1-24(2)39(53-46(59)61-4)45(58)56-25(3)11-16-36(56)43-50-34-15-13-27-18-33-31-14-12-28(17-29(31)23-63-38(33)20-32(27)41(34)52-43)35-21-49-42(51-35)37-19-30(48)22-55(37)44(57)40(54-47(60)62-5)26-9-7-6-8-10-26/h12-15,17-18,20-21,24-26,30,36-37,39-40H,6-11,16,19,22-23H2,1-5H3,(H,49,51)(H,50,52)(H,53,59)(H,54,60)/t25-,30-,36-,37-,39-,40-/m0/s1. The molecule has 9 rings (SSSR count). The number of fused-ring (bicyclic) bond motifs is 6. The van der Waals surface area contributed by atoms with E-state index in [1.165, 1.54) is 19.1 Å². The lowest BCUT2D eigenvalue weighted by Crippen LogP contribution is -2.52. The minimum atomic E-state index is -1.22. The fourth-order valence-electron chi connectivity index (χ4n) is 10.3. The second-order valence-corrected chi connectivity index (χ2v) is 17.9. The number of nitrogens with zero attached hydrogens (tertiary/aromatic N) is 4. The molecule has 0 spiro atoms. The van der Waals surface area contributed by atoms with Crippen LogP contribution in [0.4, 0.5) is 14.0 Å². The number of aromatic nitrogens is 4. The zero-order valence-electron chi connectivity index (χ0n) is 36.3. The average Bonchev–Trinajstić information content (AvgIpc) is 4.12. The lowest BCUT2D eigenvalue weighted by molar-refractivity contribution is -0.137. The van der Waals surface area contributed by atoms with Crippen molar-refractivity contribution < 1.29 is 37.8 Å². The van der Waals surface area contributed by atoms with E-state index in [1.807, 2.05) is 37.8 Å². The number of ether oxygens (including phenoxy) is 3. The first kappa shape index (κ1) is 42.1. The van der Waals surface area contributed by atoms with Gasteiger partial charge in [0.15, 0.2) is 0 Å². The van der Waals surface area contributed by atoms with Crippen molar-refractivity contribution in [2.24, 2.45) is 11.8 Å². The number of imidazole rings is 2. The Kier molecular flexibility index (Phi) is 11.5. The molecule has 0 bridgehead atoms. The molecule has 0 radical (unpaired) electrons. The molecule has 2 aromatic heterocycles. The van der Waals surface area contributed by atoms with Gasteiger partial charge in [-0.2, -0.15) is 0 Å². The van der Waals surface area contributed by atoms with Gasteiger partial charge in [-0.15, -0.1) is 0 Å². The van der Waals surface area contributed by atoms with Crippen LogP contribution in [0.2, 0.25) is 0 Å². The number of amides is 4. The minimum absolute atomic E-state index is 0.0381. The lowest BCUT2D eigenvalue weighted by Gasteiger charge is -2.34. The highest BCUT2D eigenvalue weighted by Gasteiger charge is 2.44. The zero-order valence-corrected chi connectivity index (χ0v) is 36.3. The van der Waals surface area contributed by atoms with Gasteiger partial charge in [0.2, 0.25) is 11.8 Å². The van der Waals surface area contributed by atoms with Crippen LogP contribution in [-0.2, 0) is 25.7 Å². The third-order valence-electron chi connectivity index (χ3n) is 13.6. The first-order chi connectivity index (χ1) is 30.4. The van der Waals surface area contributed by atoms with Gasteiger partial charge >= 0.3 is 12.2 Å². The van der Waals surface area contributed by atoms with Crippen molar-refractivity contribution in [2.45, 2.75) is 115 Å². The van der Waals surface area contributed by atoms with Crippen LogP contribution in [0.15, 0.2) is 48.7 Å². The summed E-state index contributed by atoms with van der Waals surface area (Å²) in [5.74, 6) is 1.28. The molecule has 5 aromatic rings. The quantitative estimate of drug-likeness (QED) is 0.114. The molecule has 16 heteroatoms. The summed E-state index contributed by atoms with van der Waals surface area (Å²) in [6.45, 7) is 6.10. The molecule has 15 nitrogen and oxygen atoms in total. The van der Waals surface area contributed by atoms with Gasteiger partial charge < -0.3 is 44.6 Å². The summed E-state index contributed by atoms with van der Waals surface area (Å²) < 4.78 is 31.2. The molecule has 3 aliphatic heterocycles. The molecule has 6 atom stereocenters. The fraction of sp³-hybridized carbons (Fsp3) is 0.489. The normalized spacial score (nSPS) is 22.1. The predicted molar refractivity (Wildman–Crippen MR) is 233 cm³/mol. The Balaban J connectivity index is 0.959. The summed E-state index contributed by atoms with van der Waals surface area (Å²) >= 11 is 0. The van der Waals surface area contributed by atoms with Gasteiger partial charge in [-0.3, -0.25) is 9.59 Å².